The minimum absolute atomic E-state index is 0.132. The van der Waals surface area contributed by atoms with Crippen LogP contribution in [0.3, 0.4) is 0 Å². The second-order valence-electron chi connectivity index (χ2n) is 6.05. The minimum atomic E-state index is -0.132. The maximum atomic E-state index is 12.9. The molecule has 2 aromatic carbocycles. The number of nitrogens with zero attached hydrogens (tertiary/aromatic N) is 3. The lowest BCUT2D eigenvalue weighted by atomic mass is 10.1. The molecule has 0 atom stereocenters. The monoisotopic (exact) mass is 349 g/mol. The Bertz CT molecular complexity index is 1040. The quantitative estimate of drug-likeness (QED) is 0.621. The van der Waals surface area contributed by atoms with Gasteiger partial charge >= 0.3 is 0 Å². The van der Waals surface area contributed by atoms with Crippen LogP contribution in [0, 0.1) is 0 Å². The number of fused-ring (bicyclic) bond motifs is 1. The van der Waals surface area contributed by atoms with Crippen molar-refractivity contribution in [3.05, 3.63) is 70.9 Å². The minimum Gasteiger partial charge on any atom is -0.350 e. The molecule has 4 nitrogen and oxygen atoms in total. The number of carbonyl (C=O) groups is 1. The maximum Gasteiger partial charge on any atom is 0.280 e. The summed E-state index contributed by atoms with van der Waals surface area (Å²) in [6, 6.07) is 15.2. The molecule has 124 valence electrons. The molecule has 2 heterocycles. The van der Waals surface area contributed by atoms with Crippen molar-refractivity contribution in [3.63, 3.8) is 0 Å². The molecule has 1 amide bonds. The summed E-state index contributed by atoms with van der Waals surface area (Å²) in [5, 5.41) is 7.58. The molecule has 5 heteroatoms. The highest BCUT2D eigenvalue weighted by atomic mass is 35.5. The van der Waals surface area contributed by atoms with Crippen LogP contribution in [0.4, 0.5) is 5.69 Å². The molecule has 0 radical (unpaired) electrons. The molecule has 0 unspecified atom stereocenters. The van der Waals surface area contributed by atoms with E-state index in [9.17, 15) is 4.79 Å². The standard InChI is InChI=1S/C20H16ClN3O/c1-13-18(11-14-12-23(2)19-6-4-3-5-17(14)19)20(25)24(22-13)16-9-7-15(21)8-10-16/h3-12H,1-2H3/b18-11-. The highest BCUT2D eigenvalue weighted by molar-refractivity contribution is 6.33. The van der Waals surface area contributed by atoms with Gasteiger partial charge in [-0.1, -0.05) is 29.8 Å². The van der Waals surface area contributed by atoms with Gasteiger partial charge in [0.05, 0.1) is 17.0 Å². The second kappa shape index (κ2) is 5.90. The van der Waals surface area contributed by atoms with Gasteiger partial charge in [-0.05, 0) is 43.3 Å². The first-order valence-corrected chi connectivity index (χ1v) is 8.34. The third-order valence-corrected chi connectivity index (χ3v) is 4.61. The Hall–Kier alpha value is -2.85. The Morgan fingerprint density at radius 3 is 2.56 bits per heavy atom. The number of hydrazone groups is 1. The van der Waals surface area contributed by atoms with E-state index in [1.54, 1.807) is 24.3 Å². The number of aromatic nitrogens is 1. The smallest absolute Gasteiger partial charge is 0.280 e. The van der Waals surface area contributed by atoms with Crippen molar-refractivity contribution in [1.82, 2.24) is 4.57 Å². The van der Waals surface area contributed by atoms with Crippen LogP contribution in [0.15, 0.2) is 65.4 Å². The predicted octanol–water partition coefficient (Wildman–Crippen LogP) is 4.64. The number of halogens is 1. The second-order valence-corrected chi connectivity index (χ2v) is 6.49. The Labute approximate surface area is 150 Å². The zero-order valence-electron chi connectivity index (χ0n) is 13.9. The Kier molecular flexibility index (Phi) is 3.70. The molecule has 0 saturated heterocycles. The Balaban J connectivity index is 1.76. The molecule has 0 bridgehead atoms. The molecule has 4 rings (SSSR count). The maximum absolute atomic E-state index is 12.9. The lowest BCUT2D eigenvalue weighted by molar-refractivity contribution is -0.114. The van der Waals surface area contributed by atoms with Gasteiger partial charge in [-0.25, -0.2) is 0 Å². The number of hydrogen-bond acceptors (Lipinski definition) is 2. The fraction of sp³-hybridized carbons (Fsp3) is 0.100. The van der Waals surface area contributed by atoms with Crippen LogP contribution in [0.2, 0.25) is 5.02 Å². The number of rotatable bonds is 2. The lowest BCUT2D eigenvalue weighted by Crippen LogP contribution is -2.21. The van der Waals surface area contributed by atoms with Crippen molar-refractivity contribution in [1.29, 1.82) is 0 Å². The highest BCUT2D eigenvalue weighted by Gasteiger charge is 2.28. The van der Waals surface area contributed by atoms with Gasteiger partial charge in [-0.15, -0.1) is 0 Å². The lowest BCUT2D eigenvalue weighted by Gasteiger charge is -2.11. The number of para-hydroxylation sites is 1. The van der Waals surface area contributed by atoms with E-state index < -0.39 is 0 Å². The van der Waals surface area contributed by atoms with E-state index in [1.807, 2.05) is 38.4 Å². The van der Waals surface area contributed by atoms with Crippen LogP contribution in [-0.4, -0.2) is 16.2 Å². The molecular formula is C20H16ClN3O. The molecular weight excluding hydrogens is 334 g/mol. The van der Waals surface area contributed by atoms with Gasteiger partial charge < -0.3 is 4.57 Å². The van der Waals surface area contributed by atoms with Crippen molar-refractivity contribution in [2.45, 2.75) is 6.92 Å². The van der Waals surface area contributed by atoms with Crippen molar-refractivity contribution in [3.8, 4) is 0 Å². The molecule has 1 aromatic heterocycles. The van der Waals surface area contributed by atoms with E-state index in [2.05, 4.69) is 21.8 Å². The van der Waals surface area contributed by atoms with Gasteiger partial charge in [0.15, 0.2) is 0 Å². The van der Waals surface area contributed by atoms with Crippen LogP contribution >= 0.6 is 11.6 Å². The van der Waals surface area contributed by atoms with Crippen molar-refractivity contribution >= 4 is 45.9 Å². The number of aryl methyl sites for hydroxylation is 1. The van der Waals surface area contributed by atoms with E-state index >= 15 is 0 Å². The van der Waals surface area contributed by atoms with E-state index in [0.29, 0.717) is 22.0 Å². The van der Waals surface area contributed by atoms with Gasteiger partial charge in [0.1, 0.15) is 0 Å². The van der Waals surface area contributed by atoms with E-state index in [0.717, 1.165) is 16.5 Å². The normalized spacial score (nSPS) is 16.1. The third kappa shape index (κ3) is 2.65. The van der Waals surface area contributed by atoms with Gasteiger partial charge in [0.2, 0.25) is 0 Å². The van der Waals surface area contributed by atoms with E-state index in [4.69, 9.17) is 11.6 Å². The SMILES string of the molecule is CC1=NN(c2ccc(Cl)cc2)C(=O)/C1=C\c1cn(C)c2ccccc12. The zero-order chi connectivity index (χ0) is 17.6. The Morgan fingerprint density at radius 1 is 1.08 bits per heavy atom. The largest absolute Gasteiger partial charge is 0.350 e. The first kappa shape index (κ1) is 15.7. The number of benzene rings is 2. The number of carbonyl (C=O) groups excluding carboxylic acids is 1. The molecule has 1 aliphatic heterocycles. The van der Waals surface area contributed by atoms with E-state index in [1.165, 1.54) is 5.01 Å². The summed E-state index contributed by atoms with van der Waals surface area (Å²) < 4.78 is 2.06. The summed E-state index contributed by atoms with van der Waals surface area (Å²) in [6.07, 6.45) is 3.95. The average Bonchev–Trinajstić information content (AvgIpc) is 3.08. The fourth-order valence-corrected chi connectivity index (χ4v) is 3.21. The molecule has 3 aromatic rings. The fourth-order valence-electron chi connectivity index (χ4n) is 3.09. The first-order valence-electron chi connectivity index (χ1n) is 7.96. The summed E-state index contributed by atoms with van der Waals surface area (Å²) in [7, 11) is 2.00. The van der Waals surface area contributed by atoms with Gasteiger partial charge in [-0.3, -0.25) is 4.79 Å². The molecule has 25 heavy (non-hydrogen) atoms. The molecule has 0 fully saturated rings. The number of hydrogen-bond donors (Lipinski definition) is 0. The van der Waals surface area contributed by atoms with Crippen molar-refractivity contribution in [2.24, 2.45) is 12.1 Å². The summed E-state index contributed by atoms with van der Waals surface area (Å²) >= 11 is 5.92. The van der Waals surface area contributed by atoms with Crippen LogP contribution in [0.25, 0.3) is 17.0 Å². The van der Waals surface area contributed by atoms with Crippen LogP contribution in [0.5, 0.6) is 0 Å². The van der Waals surface area contributed by atoms with Crippen LogP contribution in [0.1, 0.15) is 12.5 Å². The highest BCUT2D eigenvalue weighted by Crippen LogP contribution is 2.28. The topological polar surface area (TPSA) is 37.6 Å². The summed E-state index contributed by atoms with van der Waals surface area (Å²) in [6.45, 7) is 1.85. The van der Waals surface area contributed by atoms with Gasteiger partial charge in [0, 0.05) is 34.7 Å². The first-order chi connectivity index (χ1) is 12.0. The molecule has 0 N–H and O–H groups in total. The average molecular weight is 350 g/mol. The summed E-state index contributed by atoms with van der Waals surface area (Å²) in [5.41, 5.74) is 4.15. The van der Waals surface area contributed by atoms with E-state index in [-0.39, 0.29) is 5.91 Å². The van der Waals surface area contributed by atoms with Gasteiger partial charge in [-0.2, -0.15) is 10.1 Å². The third-order valence-electron chi connectivity index (χ3n) is 4.36. The number of anilines is 1. The van der Waals surface area contributed by atoms with Gasteiger partial charge in [0.25, 0.3) is 5.91 Å². The number of amides is 1. The molecule has 0 saturated carbocycles. The summed E-state index contributed by atoms with van der Waals surface area (Å²) in [4.78, 5) is 12.9. The Morgan fingerprint density at radius 2 is 1.80 bits per heavy atom. The van der Waals surface area contributed by atoms with Crippen molar-refractivity contribution in [2.75, 3.05) is 5.01 Å². The van der Waals surface area contributed by atoms with Crippen LogP contribution in [-0.2, 0) is 11.8 Å². The molecule has 0 spiro atoms. The summed E-state index contributed by atoms with van der Waals surface area (Å²) in [5.74, 6) is -0.132. The predicted molar refractivity (Wildman–Crippen MR) is 103 cm³/mol. The van der Waals surface area contributed by atoms with Crippen LogP contribution < -0.4 is 5.01 Å². The zero-order valence-corrected chi connectivity index (χ0v) is 14.7. The molecule has 1 aliphatic rings. The molecule has 0 aliphatic carbocycles. The van der Waals surface area contributed by atoms with Crippen molar-refractivity contribution < 1.29 is 4.79 Å².